The molecule has 2 aliphatic rings. The highest BCUT2D eigenvalue weighted by Gasteiger charge is 2.26. The Bertz CT molecular complexity index is 480. The molecule has 1 saturated carbocycles. The van der Waals surface area contributed by atoms with Gasteiger partial charge in [-0.3, -0.25) is 9.67 Å². The molecule has 1 aliphatic carbocycles. The Kier molecular flexibility index (Phi) is 3.91. The highest BCUT2D eigenvalue weighted by atomic mass is 16.5. The number of guanidine groups is 1. The van der Waals surface area contributed by atoms with E-state index in [4.69, 9.17) is 4.74 Å². The molecule has 0 amide bonds. The van der Waals surface area contributed by atoms with E-state index in [0.717, 1.165) is 43.7 Å². The second kappa shape index (κ2) is 5.83. The van der Waals surface area contributed by atoms with Gasteiger partial charge in [-0.05, 0) is 18.8 Å². The molecule has 1 unspecified atom stereocenters. The van der Waals surface area contributed by atoms with E-state index in [1.165, 1.54) is 12.8 Å². The Morgan fingerprint density at radius 3 is 3.05 bits per heavy atom. The van der Waals surface area contributed by atoms with E-state index in [1.54, 1.807) is 0 Å². The molecule has 1 aliphatic heterocycles. The van der Waals surface area contributed by atoms with E-state index in [-0.39, 0.29) is 6.10 Å². The van der Waals surface area contributed by atoms with Crippen LogP contribution in [0.3, 0.4) is 0 Å². The minimum absolute atomic E-state index is 0.0805. The zero-order valence-electron chi connectivity index (χ0n) is 12.2. The van der Waals surface area contributed by atoms with E-state index in [2.05, 4.69) is 20.3 Å². The standard InChI is InChI=1S/C14H23N5O/c1-15-14(16-7-11-3-4-11)19-5-6-20-13(10-19)12-8-17-18(2)9-12/h8-9,11,13H,3-7,10H2,1-2H3,(H,15,16). The summed E-state index contributed by atoms with van der Waals surface area (Å²) in [5.41, 5.74) is 1.13. The van der Waals surface area contributed by atoms with Crippen molar-refractivity contribution in [2.75, 3.05) is 33.3 Å². The first-order valence-corrected chi connectivity index (χ1v) is 7.32. The lowest BCUT2D eigenvalue weighted by Crippen LogP contribution is -2.48. The van der Waals surface area contributed by atoms with Gasteiger partial charge in [0.05, 0.1) is 19.3 Å². The molecule has 2 fully saturated rings. The van der Waals surface area contributed by atoms with Gasteiger partial charge in [0, 0.05) is 38.9 Å². The lowest BCUT2D eigenvalue weighted by atomic mass is 10.1. The number of aryl methyl sites for hydroxylation is 1. The fourth-order valence-electron chi connectivity index (χ4n) is 2.54. The van der Waals surface area contributed by atoms with Crippen LogP contribution in [0.2, 0.25) is 0 Å². The van der Waals surface area contributed by atoms with E-state index in [9.17, 15) is 0 Å². The summed E-state index contributed by atoms with van der Waals surface area (Å²) in [4.78, 5) is 6.68. The Labute approximate surface area is 119 Å². The number of hydrogen-bond donors (Lipinski definition) is 1. The normalized spacial score (nSPS) is 24.0. The predicted molar refractivity (Wildman–Crippen MR) is 77.6 cm³/mol. The smallest absolute Gasteiger partial charge is 0.193 e. The molecule has 0 bridgehead atoms. The fourth-order valence-corrected chi connectivity index (χ4v) is 2.54. The summed E-state index contributed by atoms with van der Waals surface area (Å²) >= 11 is 0. The minimum Gasteiger partial charge on any atom is -0.370 e. The first kappa shape index (κ1) is 13.4. The molecule has 3 rings (SSSR count). The molecular formula is C14H23N5O. The van der Waals surface area contributed by atoms with Gasteiger partial charge in [-0.15, -0.1) is 0 Å². The zero-order chi connectivity index (χ0) is 13.9. The van der Waals surface area contributed by atoms with Crippen molar-refractivity contribution in [2.45, 2.75) is 18.9 Å². The van der Waals surface area contributed by atoms with Crippen LogP contribution in [0.5, 0.6) is 0 Å². The van der Waals surface area contributed by atoms with Gasteiger partial charge in [0.2, 0.25) is 0 Å². The van der Waals surface area contributed by atoms with Gasteiger partial charge in [0.1, 0.15) is 6.10 Å². The Morgan fingerprint density at radius 2 is 2.40 bits per heavy atom. The van der Waals surface area contributed by atoms with Crippen molar-refractivity contribution in [3.05, 3.63) is 18.0 Å². The van der Waals surface area contributed by atoms with Gasteiger partial charge in [0.15, 0.2) is 5.96 Å². The van der Waals surface area contributed by atoms with Crippen LogP contribution >= 0.6 is 0 Å². The zero-order valence-corrected chi connectivity index (χ0v) is 12.2. The quantitative estimate of drug-likeness (QED) is 0.655. The van der Waals surface area contributed by atoms with Crippen molar-refractivity contribution in [1.29, 1.82) is 0 Å². The number of aromatic nitrogens is 2. The third-order valence-electron chi connectivity index (χ3n) is 3.92. The van der Waals surface area contributed by atoms with Gasteiger partial charge in [0.25, 0.3) is 0 Å². The van der Waals surface area contributed by atoms with Crippen LogP contribution in [0.4, 0.5) is 0 Å². The number of hydrogen-bond acceptors (Lipinski definition) is 3. The van der Waals surface area contributed by atoms with Crippen LogP contribution in [0.25, 0.3) is 0 Å². The first-order chi connectivity index (χ1) is 9.76. The Hall–Kier alpha value is -1.56. The number of rotatable bonds is 3. The SMILES string of the molecule is CN=C(NCC1CC1)N1CCOC(c2cnn(C)c2)C1. The maximum Gasteiger partial charge on any atom is 0.193 e. The van der Waals surface area contributed by atoms with Crippen LogP contribution in [0.1, 0.15) is 24.5 Å². The molecule has 6 heteroatoms. The van der Waals surface area contributed by atoms with E-state index in [0.29, 0.717) is 0 Å². The lowest BCUT2D eigenvalue weighted by molar-refractivity contribution is -0.00803. The average Bonchev–Trinajstić information content (AvgIpc) is 3.20. The maximum absolute atomic E-state index is 5.86. The van der Waals surface area contributed by atoms with Crippen LogP contribution in [-0.4, -0.2) is 53.9 Å². The fraction of sp³-hybridized carbons (Fsp3) is 0.714. The highest BCUT2D eigenvalue weighted by molar-refractivity contribution is 5.80. The summed E-state index contributed by atoms with van der Waals surface area (Å²) in [5, 5.41) is 7.70. The molecule has 1 aromatic rings. The molecule has 0 radical (unpaired) electrons. The first-order valence-electron chi connectivity index (χ1n) is 7.32. The minimum atomic E-state index is 0.0805. The van der Waals surface area contributed by atoms with Gasteiger partial charge >= 0.3 is 0 Å². The van der Waals surface area contributed by atoms with Crippen molar-refractivity contribution in [3.63, 3.8) is 0 Å². The summed E-state index contributed by atoms with van der Waals surface area (Å²) < 4.78 is 7.68. The van der Waals surface area contributed by atoms with Crippen molar-refractivity contribution in [2.24, 2.45) is 18.0 Å². The molecule has 1 saturated heterocycles. The molecule has 2 heterocycles. The topological polar surface area (TPSA) is 54.7 Å². The van der Waals surface area contributed by atoms with Gasteiger partial charge < -0.3 is 15.0 Å². The maximum atomic E-state index is 5.86. The molecular weight excluding hydrogens is 254 g/mol. The van der Waals surface area contributed by atoms with Crippen molar-refractivity contribution >= 4 is 5.96 Å². The second-order valence-corrected chi connectivity index (χ2v) is 5.62. The Balaban J connectivity index is 1.61. The second-order valence-electron chi connectivity index (χ2n) is 5.62. The van der Waals surface area contributed by atoms with Crippen LogP contribution in [-0.2, 0) is 11.8 Å². The largest absolute Gasteiger partial charge is 0.370 e. The number of nitrogens with one attached hydrogen (secondary N) is 1. The molecule has 110 valence electrons. The third-order valence-corrected chi connectivity index (χ3v) is 3.92. The van der Waals surface area contributed by atoms with E-state index < -0.39 is 0 Å². The molecule has 20 heavy (non-hydrogen) atoms. The van der Waals surface area contributed by atoms with Crippen molar-refractivity contribution in [3.8, 4) is 0 Å². The highest BCUT2D eigenvalue weighted by Crippen LogP contribution is 2.27. The molecule has 1 atom stereocenters. The Morgan fingerprint density at radius 1 is 1.55 bits per heavy atom. The summed E-state index contributed by atoms with van der Waals surface area (Å²) in [7, 11) is 3.78. The molecule has 6 nitrogen and oxygen atoms in total. The third kappa shape index (κ3) is 3.12. The van der Waals surface area contributed by atoms with Crippen molar-refractivity contribution in [1.82, 2.24) is 20.0 Å². The summed E-state index contributed by atoms with van der Waals surface area (Å²) in [6.45, 7) is 3.49. The van der Waals surface area contributed by atoms with Crippen molar-refractivity contribution < 1.29 is 4.74 Å². The molecule has 1 aromatic heterocycles. The number of ether oxygens (including phenoxy) is 1. The summed E-state index contributed by atoms with van der Waals surface area (Å²) in [6, 6.07) is 0. The number of morpholine rings is 1. The molecule has 0 aromatic carbocycles. The van der Waals surface area contributed by atoms with Crippen LogP contribution in [0, 0.1) is 5.92 Å². The van der Waals surface area contributed by atoms with Gasteiger partial charge in [-0.1, -0.05) is 0 Å². The molecule has 0 spiro atoms. The number of nitrogens with zero attached hydrogens (tertiary/aromatic N) is 4. The summed E-state index contributed by atoms with van der Waals surface area (Å²) in [6.07, 6.45) is 6.69. The average molecular weight is 277 g/mol. The van der Waals surface area contributed by atoms with Crippen LogP contribution in [0.15, 0.2) is 17.4 Å². The number of aliphatic imine (C=N–C) groups is 1. The summed E-state index contributed by atoms with van der Waals surface area (Å²) in [5.74, 6) is 1.84. The predicted octanol–water partition coefficient (Wildman–Crippen LogP) is 0.779. The van der Waals surface area contributed by atoms with Gasteiger partial charge in [-0.25, -0.2) is 0 Å². The van der Waals surface area contributed by atoms with E-state index >= 15 is 0 Å². The van der Waals surface area contributed by atoms with E-state index in [1.807, 2.05) is 31.2 Å². The molecule has 1 N–H and O–H groups in total. The van der Waals surface area contributed by atoms with Gasteiger partial charge in [-0.2, -0.15) is 5.10 Å². The lowest BCUT2D eigenvalue weighted by Gasteiger charge is -2.34. The van der Waals surface area contributed by atoms with Crippen LogP contribution < -0.4 is 5.32 Å². The monoisotopic (exact) mass is 277 g/mol.